The molecule has 0 spiro atoms. The zero-order valence-electron chi connectivity index (χ0n) is 12.6. The standard InChI is InChI=1S/C17H27BrOSi/c1-19-11-2-12-20-13-9-16(10-14-20)4-3-15-5-7-17(18)8-6-15/h5-8,16,20H,2-4,9-14H2,1H3. The molecule has 0 amide bonds. The van der Waals surface area contributed by atoms with Gasteiger partial charge in [0, 0.05) is 27.0 Å². The Kier molecular flexibility index (Phi) is 7.32. The number of rotatable bonds is 7. The van der Waals surface area contributed by atoms with Crippen molar-refractivity contribution in [1.82, 2.24) is 0 Å². The molecule has 0 radical (unpaired) electrons. The second-order valence-corrected chi connectivity index (χ2v) is 10.6. The van der Waals surface area contributed by atoms with E-state index in [1.54, 1.807) is 12.1 Å². The lowest BCUT2D eigenvalue weighted by molar-refractivity contribution is 0.199. The molecule has 0 saturated carbocycles. The topological polar surface area (TPSA) is 9.23 Å². The molecule has 0 aliphatic carbocycles. The van der Waals surface area contributed by atoms with E-state index in [0.717, 1.165) is 12.5 Å². The summed E-state index contributed by atoms with van der Waals surface area (Å²) >= 11 is 3.50. The third kappa shape index (κ3) is 5.70. The molecule has 1 heterocycles. The number of ether oxygens (including phenoxy) is 1. The van der Waals surface area contributed by atoms with Crippen LogP contribution in [-0.4, -0.2) is 22.5 Å². The number of aryl methyl sites for hydroxylation is 1. The van der Waals surface area contributed by atoms with E-state index in [1.165, 1.54) is 48.2 Å². The van der Waals surface area contributed by atoms with Gasteiger partial charge >= 0.3 is 0 Å². The van der Waals surface area contributed by atoms with Crippen LogP contribution < -0.4 is 0 Å². The minimum atomic E-state index is -0.388. The highest BCUT2D eigenvalue weighted by Crippen LogP contribution is 2.30. The van der Waals surface area contributed by atoms with E-state index in [1.807, 2.05) is 7.11 Å². The summed E-state index contributed by atoms with van der Waals surface area (Å²) in [6.45, 7) is 0.969. The molecule has 0 bridgehead atoms. The fourth-order valence-electron chi connectivity index (χ4n) is 3.35. The minimum Gasteiger partial charge on any atom is -0.385 e. The number of hydrogen-bond donors (Lipinski definition) is 0. The summed E-state index contributed by atoms with van der Waals surface area (Å²) in [7, 11) is 1.43. The average Bonchev–Trinajstić information content (AvgIpc) is 2.48. The molecule has 0 N–H and O–H groups in total. The van der Waals surface area contributed by atoms with E-state index in [9.17, 15) is 0 Å². The van der Waals surface area contributed by atoms with E-state index in [4.69, 9.17) is 4.74 Å². The largest absolute Gasteiger partial charge is 0.385 e. The van der Waals surface area contributed by atoms with Crippen molar-refractivity contribution in [1.29, 1.82) is 0 Å². The zero-order valence-corrected chi connectivity index (χ0v) is 15.4. The molecular formula is C17H27BrOSi. The summed E-state index contributed by atoms with van der Waals surface area (Å²) in [4.78, 5) is 0. The van der Waals surface area contributed by atoms with E-state index >= 15 is 0 Å². The normalized spacial score (nSPS) is 22.9. The molecule has 0 atom stereocenters. The van der Waals surface area contributed by atoms with Crippen molar-refractivity contribution in [3.63, 3.8) is 0 Å². The number of hydrogen-bond acceptors (Lipinski definition) is 1. The fourth-order valence-corrected chi connectivity index (χ4v) is 7.11. The van der Waals surface area contributed by atoms with Crippen molar-refractivity contribution >= 4 is 24.7 Å². The van der Waals surface area contributed by atoms with Gasteiger partial charge in [-0.1, -0.05) is 59.0 Å². The lowest BCUT2D eigenvalue weighted by Crippen LogP contribution is -2.22. The Morgan fingerprint density at radius 1 is 1.20 bits per heavy atom. The Morgan fingerprint density at radius 3 is 2.55 bits per heavy atom. The Morgan fingerprint density at radius 2 is 1.90 bits per heavy atom. The monoisotopic (exact) mass is 354 g/mol. The van der Waals surface area contributed by atoms with Crippen molar-refractivity contribution in [2.24, 2.45) is 5.92 Å². The molecule has 1 nitrogen and oxygen atoms in total. The van der Waals surface area contributed by atoms with Crippen molar-refractivity contribution in [3.05, 3.63) is 34.3 Å². The summed E-state index contributed by atoms with van der Waals surface area (Å²) in [6.07, 6.45) is 6.95. The van der Waals surface area contributed by atoms with E-state index in [0.29, 0.717) is 0 Å². The van der Waals surface area contributed by atoms with Crippen molar-refractivity contribution < 1.29 is 4.74 Å². The summed E-state index contributed by atoms with van der Waals surface area (Å²) in [5.74, 6) is 0.991. The van der Waals surface area contributed by atoms with Crippen LogP contribution in [0.1, 0.15) is 31.2 Å². The quantitative estimate of drug-likeness (QED) is 0.491. The maximum atomic E-state index is 5.17. The van der Waals surface area contributed by atoms with Crippen LogP contribution in [0.2, 0.25) is 18.1 Å². The molecular weight excluding hydrogens is 328 g/mol. The zero-order chi connectivity index (χ0) is 14.2. The molecule has 2 rings (SSSR count). The Balaban J connectivity index is 1.63. The number of methoxy groups -OCH3 is 1. The lowest BCUT2D eigenvalue weighted by Gasteiger charge is -2.27. The molecule has 1 aromatic rings. The predicted octanol–water partition coefficient (Wildman–Crippen LogP) is 5.06. The molecule has 0 unspecified atom stereocenters. The number of benzene rings is 1. The smallest absolute Gasteiger partial charge is 0.0459 e. The first kappa shape index (κ1) is 16.3. The first-order chi connectivity index (χ1) is 9.78. The highest BCUT2D eigenvalue weighted by molar-refractivity contribution is 9.10. The molecule has 1 saturated heterocycles. The third-order valence-electron chi connectivity index (χ3n) is 4.68. The summed E-state index contributed by atoms with van der Waals surface area (Å²) in [5, 5.41) is 0. The van der Waals surface area contributed by atoms with Crippen LogP contribution in [0.15, 0.2) is 28.7 Å². The minimum absolute atomic E-state index is 0.388. The van der Waals surface area contributed by atoms with Gasteiger partial charge in [-0.25, -0.2) is 0 Å². The SMILES string of the molecule is COCCC[SiH]1CCC(CCc2ccc(Br)cc2)CC1. The van der Waals surface area contributed by atoms with Crippen LogP contribution in [0.5, 0.6) is 0 Å². The molecule has 20 heavy (non-hydrogen) atoms. The molecule has 3 heteroatoms. The van der Waals surface area contributed by atoms with Gasteiger partial charge in [-0.3, -0.25) is 0 Å². The highest BCUT2D eigenvalue weighted by atomic mass is 79.9. The fraction of sp³-hybridized carbons (Fsp3) is 0.647. The van der Waals surface area contributed by atoms with Gasteiger partial charge in [0.2, 0.25) is 0 Å². The van der Waals surface area contributed by atoms with Crippen LogP contribution in [0, 0.1) is 5.92 Å². The maximum absolute atomic E-state index is 5.17. The van der Waals surface area contributed by atoms with Gasteiger partial charge < -0.3 is 4.74 Å². The van der Waals surface area contributed by atoms with Crippen LogP contribution in [-0.2, 0) is 11.2 Å². The maximum Gasteiger partial charge on any atom is 0.0459 e. The molecule has 112 valence electrons. The van der Waals surface area contributed by atoms with Crippen LogP contribution >= 0.6 is 15.9 Å². The first-order valence-corrected chi connectivity index (χ1v) is 11.3. The second kappa shape index (κ2) is 9.01. The predicted molar refractivity (Wildman–Crippen MR) is 93.3 cm³/mol. The molecule has 1 aliphatic rings. The molecule has 0 aromatic heterocycles. The van der Waals surface area contributed by atoms with E-state index in [2.05, 4.69) is 40.2 Å². The van der Waals surface area contributed by atoms with Gasteiger partial charge in [0.25, 0.3) is 0 Å². The van der Waals surface area contributed by atoms with Gasteiger partial charge in [0.15, 0.2) is 0 Å². The van der Waals surface area contributed by atoms with Crippen LogP contribution in [0.4, 0.5) is 0 Å². The molecule has 1 aliphatic heterocycles. The lowest BCUT2D eigenvalue weighted by atomic mass is 9.94. The van der Waals surface area contributed by atoms with E-state index in [-0.39, 0.29) is 8.80 Å². The summed E-state index contributed by atoms with van der Waals surface area (Å²) < 4.78 is 6.35. The highest BCUT2D eigenvalue weighted by Gasteiger charge is 2.21. The average molecular weight is 355 g/mol. The van der Waals surface area contributed by atoms with Crippen molar-refractivity contribution in [3.8, 4) is 0 Å². The van der Waals surface area contributed by atoms with Gasteiger partial charge in [-0.05, 0) is 42.9 Å². The second-order valence-electron chi connectivity index (χ2n) is 6.19. The van der Waals surface area contributed by atoms with Crippen LogP contribution in [0.3, 0.4) is 0 Å². The summed E-state index contributed by atoms with van der Waals surface area (Å²) in [6, 6.07) is 13.5. The third-order valence-corrected chi connectivity index (χ3v) is 8.73. The Bertz CT molecular complexity index is 371. The number of halogens is 1. The van der Waals surface area contributed by atoms with Crippen molar-refractivity contribution in [2.45, 2.75) is 50.2 Å². The first-order valence-electron chi connectivity index (χ1n) is 8.01. The van der Waals surface area contributed by atoms with Gasteiger partial charge in [-0.15, -0.1) is 0 Å². The van der Waals surface area contributed by atoms with E-state index < -0.39 is 0 Å². The Hall–Kier alpha value is -0.123. The van der Waals surface area contributed by atoms with Crippen molar-refractivity contribution in [2.75, 3.05) is 13.7 Å². The van der Waals surface area contributed by atoms with Gasteiger partial charge in [-0.2, -0.15) is 0 Å². The van der Waals surface area contributed by atoms with Gasteiger partial charge in [0.1, 0.15) is 0 Å². The van der Waals surface area contributed by atoms with Gasteiger partial charge in [0.05, 0.1) is 0 Å². The Labute approximate surface area is 133 Å². The van der Waals surface area contributed by atoms with Crippen LogP contribution in [0.25, 0.3) is 0 Å². The summed E-state index contributed by atoms with van der Waals surface area (Å²) in [5.41, 5.74) is 1.49. The molecule has 1 fully saturated rings. The molecule has 1 aromatic carbocycles.